The fourth-order valence-electron chi connectivity index (χ4n) is 6.58. The number of ether oxygens (including phenoxy) is 4. The highest BCUT2D eigenvalue weighted by Gasteiger charge is 2.42. The molecule has 1 aromatic carbocycles. The highest BCUT2D eigenvalue weighted by molar-refractivity contribution is 5.69. The number of rotatable bonds is 7. The molecule has 2 aromatic rings. The lowest BCUT2D eigenvalue weighted by Gasteiger charge is -2.42. The van der Waals surface area contributed by atoms with Crippen molar-refractivity contribution in [1.82, 2.24) is 14.8 Å². The van der Waals surface area contributed by atoms with Gasteiger partial charge < -0.3 is 33.6 Å². The number of fused-ring (bicyclic) bond motifs is 2. The summed E-state index contributed by atoms with van der Waals surface area (Å²) in [5.41, 5.74) is 1.61. The van der Waals surface area contributed by atoms with E-state index >= 15 is 0 Å². The number of benzene rings is 1. The Bertz CT molecular complexity index is 1240. The average Bonchev–Trinajstić information content (AvgIpc) is 3.23. The number of piperazine rings is 1. The Kier molecular flexibility index (Phi) is 8.66. The second-order valence-corrected chi connectivity index (χ2v) is 13.2. The fraction of sp³-hybridized carbons (Fsp3) is 0.606. The van der Waals surface area contributed by atoms with Crippen molar-refractivity contribution in [3.63, 3.8) is 0 Å². The minimum atomic E-state index is -0.479. The number of piperidine rings is 1. The molecule has 0 unspecified atom stereocenters. The highest BCUT2D eigenvalue weighted by atomic mass is 16.6. The van der Waals surface area contributed by atoms with Gasteiger partial charge in [0.15, 0.2) is 0 Å². The number of nitrogens with zero attached hydrogens (tertiary/aromatic N) is 4. The van der Waals surface area contributed by atoms with E-state index in [-0.39, 0.29) is 42.6 Å². The third-order valence-electron chi connectivity index (χ3n) is 8.78. The lowest BCUT2D eigenvalue weighted by atomic mass is 9.91. The van der Waals surface area contributed by atoms with Crippen LogP contribution in [0.5, 0.6) is 5.88 Å². The van der Waals surface area contributed by atoms with Crippen LogP contribution < -0.4 is 9.64 Å². The van der Waals surface area contributed by atoms with Crippen LogP contribution in [0.2, 0.25) is 0 Å². The second kappa shape index (κ2) is 12.6. The minimum absolute atomic E-state index is 0.0857. The van der Waals surface area contributed by atoms with Crippen LogP contribution in [-0.4, -0.2) is 89.1 Å². The summed E-state index contributed by atoms with van der Waals surface area (Å²) >= 11 is 0. The van der Waals surface area contributed by atoms with E-state index in [1.54, 1.807) is 4.90 Å². The molecule has 4 heterocycles. The summed E-state index contributed by atoms with van der Waals surface area (Å²) in [5, 5.41) is 0. The standard InChI is InChI=1S/C33H44N4O6/c1-33(2,3)43-32(39)35-15-12-27(13-16-35)41-28-18-29(19-28)42-30-17-24(11-14-34-30)37-25-9-10-26(37)21-36(20-25)31(38)40-22-23-7-5-4-6-8-23/h4-8,11,14,17,25-29H,9-10,12-13,15-16,18-22H2,1-3H3/t25-,26-,28?,29?/m1/s1. The summed E-state index contributed by atoms with van der Waals surface area (Å²) in [6.45, 7) is 8.59. The van der Waals surface area contributed by atoms with E-state index in [4.69, 9.17) is 18.9 Å². The molecule has 1 aliphatic carbocycles. The van der Waals surface area contributed by atoms with Crippen LogP contribution in [0.25, 0.3) is 0 Å². The van der Waals surface area contributed by atoms with Crippen LogP contribution in [0.1, 0.15) is 64.9 Å². The van der Waals surface area contributed by atoms with Gasteiger partial charge in [-0.1, -0.05) is 30.3 Å². The number of aromatic nitrogens is 1. The first kappa shape index (κ1) is 29.5. The van der Waals surface area contributed by atoms with Crippen LogP contribution >= 0.6 is 0 Å². The maximum absolute atomic E-state index is 12.8. The maximum Gasteiger partial charge on any atom is 0.410 e. The van der Waals surface area contributed by atoms with Gasteiger partial charge in [0.2, 0.25) is 5.88 Å². The molecule has 1 aromatic heterocycles. The molecule has 6 rings (SSSR count). The highest BCUT2D eigenvalue weighted by Crippen LogP contribution is 2.37. The smallest absolute Gasteiger partial charge is 0.410 e. The first-order valence-corrected chi connectivity index (χ1v) is 15.7. The van der Waals surface area contributed by atoms with Gasteiger partial charge in [-0.15, -0.1) is 0 Å². The Hall–Kier alpha value is -3.53. The zero-order valence-corrected chi connectivity index (χ0v) is 25.5. The van der Waals surface area contributed by atoms with E-state index in [9.17, 15) is 9.59 Å². The molecule has 10 nitrogen and oxygen atoms in total. The topological polar surface area (TPSA) is 93.7 Å². The predicted molar refractivity (Wildman–Crippen MR) is 161 cm³/mol. The third kappa shape index (κ3) is 7.34. The van der Waals surface area contributed by atoms with Crippen molar-refractivity contribution in [3.05, 3.63) is 54.2 Å². The van der Waals surface area contributed by atoms with Crippen molar-refractivity contribution < 1.29 is 28.5 Å². The van der Waals surface area contributed by atoms with Crippen LogP contribution in [0.15, 0.2) is 48.7 Å². The van der Waals surface area contributed by atoms with E-state index in [0.29, 0.717) is 38.7 Å². The van der Waals surface area contributed by atoms with E-state index < -0.39 is 5.60 Å². The number of carbonyl (C=O) groups excluding carboxylic acids is 2. The normalized spacial score (nSPS) is 25.7. The van der Waals surface area contributed by atoms with Crippen molar-refractivity contribution in [2.24, 2.45) is 0 Å². The molecule has 2 atom stereocenters. The summed E-state index contributed by atoms with van der Waals surface area (Å²) in [5.74, 6) is 0.635. The molecule has 0 spiro atoms. The SMILES string of the molecule is CC(C)(C)OC(=O)N1CCC(OC2CC(Oc3cc(N4[C@@H]5CC[C@@H]4CN(C(=O)OCc4ccccc4)C5)ccn3)C2)CC1. The molecule has 1 saturated carbocycles. The molecule has 3 aliphatic heterocycles. The van der Waals surface area contributed by atoms with Crippen LogP contribution in [0.3, 0.4) is 0 Å². The number of hydrogen-bond acceptors (Lipinski definition) is 8. The lowest BCUT2D eigenvalue weighted by molar-refractivity contribution is -0.110. The summed E-state index contributed by atoms with van der Waals surface area (Å²) in [6.07, 6.45) is 7.18. The van der Waals surface area contributed by atoms with E-state index in [0.717, 1.165) is 49.8 Å². The monoisotopic (exact) mass is 592 g/mol. The molecular weight excluding hydrogens is 548 g/mol. The Morgan fingerprint density at radius 1 is 0.860 bits per heavy atom. The molecule has 2 bridgehead atoms. The number of amides is 2. The number of anilines is 1. The van der Waals surface area contributed by atoms with Gasteiger partial charge in [0.1, 0.15) is 18.3 Å². The Morgan fingerprint density at radius 3 is 2.23 bits per heavy atom. The summed E-state index contributed by atoms with van der Waals surface area (Å²) < 4.78 is 23.7. The minimum Gasteiger partial charge on any atom is -0.474 e. The number of carbonyl (C=O) groups is 2. The number of likely N-dealkylation sites (tertiary alicyclic amines) is 2. The number of hydrogen-bond donors (Lipinski definition) is 0. The molecule has 3 saturated heterocycles. The molecular formula is C33H44N4O6. The van der Waals surface area contributed by atoms with Gasteiger partial charge in [-0.3, -0.25) is 0 Å². The molecule has 0 radical (unpaired) electrons. The predicted octanol–water partition coefficient (Wildman–Crippen LogP) is 5.40. The van der Waals surface area contributed by atoms with Gasteiger partial charge in [-0.2, -0.15) is 0 Å². The van der Waals surface area contributed by atoms with Crippen molar-refractivity contribution in [1.29, 1.82) is 0 Å². The van der Waals surface area contributed by atoms with Gasteiger partial charge in [-0.05, 0) is 58.1 Å². The molecule has 232 valence electrons. The van der Waals surface area contributed by atoms with Crippen LogP contribution in [-0.2, 0) is 20.8 Å². The van der Waals surface area contributed by atoms with Gasteiger partial charge >= 0.3 is 12.2 Å². The van der Waals surface area contributed by atoms with Gasteiger partial charge in [0.25, 0.3) is 0 Å². The van der Waals surface area contributed by atoms with Crippen molar-refractivity contribution in [2.75, 3.05) is 31.1 Å². The number of pyridine rings is 1. The van der Waals surface area contributed by atoms with Crippen molar-refractivity contribution in [2.45, 2.75) is 102 Å². The third-order valence-corrected chi connectivity index (χ3v) is 8.78. The average molecular weight is 593 g/mol. The van der Waals surface area contributed by atoms with Crippen molar-refractivity contribution in [3.8, 4) is 5.88 Å². The van der Waals surface area contributed by atoms with Crippen LogP contribution in [0.4, 0.5) is 15.3 Å². The lowest BCUT2D eigenvalue weighted by Crippen LogP contribution is -2.55. The molecule has 0 N–H and O–H groups in total. The van der Waals surface area contributed by atoms with Gasteiger partial charge in [-0.25, -0.2) is 14.6 Å². The van der Waals surface area contributed by atoms with E-state index in [1.165, 1.54) is 0 Å². The zero-order valence-electron chi connectivity index (χ0n) is 25.5. The molecule has 4 aliphatic rings. The summed E-state index contributed by atoms with van der Waals surface area (Å²) in [4.78, 5) is 35.7. The van der Waals surface area contributed by atoms with Gasteiger partial charge in [0, 0.05) is 69.1 Å². The zero-order chi connectivity index (χ0) is 30.0. The summed E-state index contributed by atoms with van der Waals surface area (Å²) in [6, 6.07) is 14.4. The first-order valence-electron chi connectivity index (χ1n) is 15.7. The van der Waals surface area contributed by atoms with Gasteiger partial charge in [0.05, 0.1) is 12.2 Å². The Morgan fingerprint density at radius 2 is 1.56 bits per heavy atom. The first-order chi connectivity index (χ1) is 20.7. The quantitative estimate of drug-likeness (QED) is 0.422. The largest absolute Gasteiger partial charge is 0.474 e. The van der Waals surface area contributed by atoms with E-state index in [2.05, 4.69) is 9.88 Å². The molecule has 43 heavy (non-hydrogen) atoms. The summed E-state index contributed by atoms with van der Waals surface area (Å²) in [7, 11) is 0. The molecule has 4 fully saturated rings. The Labute approximate surface area is 254 Å². The maximum atomic E-state index is 12.8. The van der Waals surface area contributed by atoms with E-state index in [1.807, 2.05) is 74.3 Å². The molecule has 10 heteroatoms. The fourth-order valence-corrected chi connectivity index (χ4v) is 6.58. The van der Waals surface area contributed by atoms with Crippen LogP contribution in [0, 0.1) is 0 Å². The second-order valence-electron chi connectivity index (χ2n) is 13.2. The van der Waals surface area contributed by atoms with Crippen molar-refractivity contribution >= 4 is 17.9 Å². The molecule has 2 amide bonds. The Balaban J connectivity index is 0.939.